The summed E-state index contributed by atoms with van der Waals surface area (Å²) in [7, 11) is 0. The van der Waals surface area contributed by atoms with E-state index in [-0.39, 0.29) is 5.91 Å². The maximum Gasteiger partial charge on any atom is 0.234 e. The SMILES string of the molecule is Cc1ccccc1CCNC(=O)CN(Cc1ccco1)Cc1cccs1. The summed E-state index contributed by atoms with van der Waals surface area (Å²) in [4.78, 5) is 15.8. The maximum absolute atomic E-state index is 12.4. The third kappa shape index (κ3) is 5.58. The number of rotatable bonds is 9. The van der Waals surface area contributed by atoms with Crippen LogP contribution in [0.4, 0.5) is 0 Å². The van der Waals surface area contributed by atoms with Gasteiger partial charge in [0, 0.05) is 18.0 Å². The number of hydrogen-bond donors (Lipinski definition) is 1. The number of nitrogens with one attached hydrogen (secondary N) is 1. The Labute approximate surface area is 158 Å². The molecule has 26 heavy (non-hydrogen) atoms. The van der Waals surface area contributed by atoms with Crippen molar-refractivity contribution in [2.24, 2.45) is 0 Å². The van der Waals surface area contributed by atoms with E-state index in [9.17, 15) is 4.79 Å². The van der Waals surface area contributed by atoms with Gasteiger partial charge in [0.25, 0.3) is 0 Å². The molecule has 0 unspecified atom stereocenters. The third-order valence-electron chi connectivity index (χ3n) is 4.26. The van der Waals surface area contributed by atoms with Gasteiger partial charge in [-0.1, -0.05) is 30.3 Å². The van der Waals surface area contributed by atoms with Crippen molar-refractivity contribution < 1.29 is 9.21 Å². The highest BCUT2D eigenvalue weighted by atomic mass is 32.1. The van der Waals surface area contributed by atoms with Gasteiger partial charge in [0.2, 0.25) is 5.91 Å². The van der Waals surface area contributed by atoms with Crippen molar-refractivity contribution >= 4 is 17.2 Å². The lowest BCUT2D eigenvalue weighted by molar-refractivity contribution is -0.122. The van der Waals surface area contributed by atoms with Gasteiger partial charge < -0.3 is 9.73 Å². The Morgan fingerprint density at radius 3 is 2.73 bits per heavy atom. The molecule has 3 rings (SSSR count). The second-order valence-corrected chi connectivity index (χ2v) is 7.36. The molecule has 1 aromatic carbocycles. The number of carbonyl (C=O) groups is 1. The average molecular weight is 369 g/mol. The number of carbonyl (C=O) groups excluding carboxylic acids is 1. The van der Waals surface area contributed by atoms with Crippen molar-refractivity contribution in [3.05, 3.63) is 81.9 Å². The lowest BCUT2D eigenvalue weighted by atomic mass is 10.1. The Bertz CT molecular complexity index is 761. The first-order chi connectivity index (χ1) is 12.7. The number of nitrogens with zero attached hydrogens (tertiary/aromatic N) is 1. The van der Waals surface area contributed by atoms with E-state index >= 15 is 0 Å². The van der Waals surface area contributed by atoms with E-state index in [1.165, 1.54) is 16.0 Å². The van der Waals surface area contributed by atoms with Crippen LogP contribution in [0, 0.1) is 6.92 Å². The molecule has 0 spiro atoms. The Morgan fingerprint density at radius 1 is 1.12 bits per heavy atom. The lowest BCUT2D eigenvalue weighted by Crippen LogP contribution is -2.37. The molecule has 1 N–H and O–H groups in total. The zero-order chi connectivity index (χ0) is 18.2. The van der Waals surface area contributed by atoms with E-state index in [4.69, 9.17) is 4.42 Å². The number of thiophene rings is 1. The average Bonchev–Trinajstić information content (AvgIpc) is 3.30. The van der Waals surface area contributed by atoms with Crippen LogP contribution in [0.25, 0.3) is 0 Å². The van der Waals surface area contributed by atoms with Crippen LogP contribution in [0.2, 0.25) is 0 Å². The van der Waals surface area contributed by atoms with Crippen LogP contribution < -0.4 is 5.32 Å². The summed E-state index contributed by atoms with van der Waals surface area (Å²) in [6, 6.07) is 16.2. The van der Waals surface area contributed by atoms with Gasteiger partial charge >= 0.3 is 0 Å². The van der Waals surface area contributed by atoms with Crippen LogP contribution in [0.5, 0.6) is 0 Å². The number of hydrogen-bond acceptors (Lipinski definition) is 4. The van der Waals surface area contributed by atoms with Crippen molar-refractivity contribution in [1.82, 2.24) is 10.2 Å². The van der Waals surface area contributed by atoms with Gasteiger partial charge in [-0.25, -0.2) is 0 Å². The number of furan rings is 1. The first-order valence-electron chi connectivity index (χ1n) is 8.79. The molecule has 0 saturated carbocycles. The van der Waals surface area contributed by atoms with Gasteiger partial charge in [-0.2, -0.15) is 0 Å². The molecule has 2 heterocycles. The van der Waals surface area contributed by atoms with Crippen molar-refractivity contribution in [2.75, 3.05) is 13.1 Å². The highest BCUT2D eigenvalue weighted by Gasteiger charge is 2.14. The van der Waals surface area contributed by atoms with E-state index in [1.807, 2.05) is 30.3 Å². The largest absolute Gasteiger partial charge is 0.468 e. The molecule has 0 fully saturated rings. The van der Waals surface area contributed by atoms with E-state index in [0.29, 0.717) is 19.6 Å². The summed E-state index contributed by atoms with van der Waals surface area (Å²) >= 11 is 1.70. The molecule has 0 aliphatic carbocycles. The number of amides is 1. The molecule has 0 aliphatic heterocycles. The Hall–Kier alpha value is -2.37. The highest BCUT2D eigenvalue weighted by molar-refractivity contribution is 7.09. The Morgan fingerprint density at radius 2 is 2.00 bits per heavy atom. The molecule has 136 valence electrons. The van der Waals surface area contributed by atoms with Crippen molar-refractivity contribution in [3.8, 4) is 0 Å². The predicted octanol–water partition coefficient (Wildman–Crippen LogP) is 4.01. The minimum absolute atomic E-state index is 0.0432. The van der Waals surface area contributed by atoms with E-state index in [0.717, 1.165) is 18.7 Å². The van der Waals surface area contributed by atoms with Crippen LogP contribution in [0.15, 0.2) is 64.6 Å². The number of aryl methyl sites for hydroxylation is 1. The van der Waals surface area contributed by atoms with Gasteiger partial charge in [-0.05, 0) is 48.1 Å². The first kappa shape index (κ1) is 18.4. The summed E-state index contributed by atoms with van der Waals surface area (Å²) in [5.41, 5.74) is 2.54. The fourth-order valence-electron chi connectivity index (χ4n) is 2.90. The molecule has 5 heteroatoms. The summed E-state index contributed by atoms with van der Waals surface area (Å²) in [6.07, 6.45) is 2.52. The van der Waals surface area contributed by atoms with Gasteiger partial charge in [-0.15, -0.1) is 11.3 Å². The summed E-state index contributed by atoms with van der Waals surface area (Å²) in [5, 5.41) is 5.10. The molecule has 0 atom stereocenters. The molecular weight excluding hydrogens is 344 g/mol. The quantitative estimate of drug-likeness (QED) is 0.621. The second kappa shape index (κ2) is 9.36. The lowest BCUT2D eigenvalue weighted by Gasteiger charge is -2.20. The highest BCUT2D eigenvalue weighted by Crippen LogP contribution is 2.14. The zero-order valence-corrected chi connectivity index (χ0v) is 15.8. The topological polar surface area (TPSA) is 45.5 Å². The monoisotopic (exact) mass is 368 g/mol. The minimum Gasteiger partial charge on any atom is -0.468 e. The van der Waals surface area contributed by atoms with Gasteiger partial charge in [0.05, 0.1) is 19.4 Å². The molecule has 2 aromatic heterocycles. The molecule has 0 radical (unpaired) electrons. The van der Waals surface area contributed by atoms with E-state index < -0.39 is 0 Å². The molecule has 3 aromatic rings. The van der Waals surface area contributed by atoms with Crippen LogP contribution >= 0.6 is 11.3 Å². The van der Waals surface area contributed by atoms with Crippen molar-refractivity contribution in [2.45, 2.75) is 26.4 Å². The Kier molecular flexibility index (Phi) is 6.63. The Balaban J connectivity index is 1.51. The fourth-order valence-corrected chi connectivity index (χ4v) is 3.65. The molecule has 4 nitrogen and oxygen atoms in total. The summed E-state index contributed by atoms with van der Waals surface area (Å²) < 4.78 is 5.45. The maximum atomic E-state index is 12.4. The standard InChI is InChI=1S/C21H24N2O2S/c1-17-6-2-3-7-18(17)10-11-22-21(24)16-23(14-19-8-4-12-25-19)15-20-9-5-13-26-20/h2-9,12-13H,10-11,14-16H2,1H3,(H,22,24). The molecular formula is C21H24N2O2S. The normalized spacial score (nSPS) is 11.0. The third-order valence-corrected chi connectivity index (χ3v) is 5.13. The van der Waals surface area contributed by atoms with Crippen molar-refractivity contribution in [3.63, 3.8) is 0 Å². The summed E-state index contributed by atoms with van der Waals surface area (Å²) in [5.74, 6) is 0.913. The fraction of sp³-hybridized carbons (Fsp3) is 0.286. The van der Waals surface area contributed by atoms with Crippen LogP contribution in [-0.2, 0) is 24.3 Å². The molecule has 0 saturated heterocycles. The summed E-state index contributed by atoms with van der Waals surface area (Å²) in [6.45, 7) is 4.46. The van der Waals surface area contributed by atoms with Gasteiger partial charge in [0.15, 0.2) is 0 Å². The first-order valence-corrected chi connectivity index (χ1v) is 9.67. The predicted molar refractivity (Wildman–Crippen MR) is 105 cm³/mol. The van der Waals surface area contributed by atoms with Crippen LogP contribution in [0.3, 0.4) is 0 Å². The molecule has 1 amide bonds. The van der Waals surface area contributed by atoms with E-state index in [1.54, 1.807) is 17.6 Å². The van der Waals surface area contributed by atoms with E-state index in [2.05, 4.69) is 40.7 Å². The van der Waals surface area contributed by atoms with Crippen LogP contribution in [-0.4, -0.2) is 23.9 Å². The molecule has 0 aliphatic rings. The van der Waals surface area contributed by atoms with Crippen LogP contribution in [0.1, 0.15) is 21.8 Å². The van der Waals surface area contributed by atoms with Gasteiger partial charge in [0.1, 0.15) is 5.76 Å². The van der Waals surface area contributed by atoms with Gasteiger partial charge in [-0.3, -0.25) is 9.69 Å². The number of benzene rings is 1. The smallest absolute Gasteiger partial charge is 0.234 e. The van der Waals surface area contributed by atoms with Crippen molar-refractivity contribution in [1.29, 1.82) is 0 Å². The zero-order valence-electron chi connectivity index (χ0n) is 15.0. The molecule has 0 bridgehead atoms. The minimum atomic E-state index is 0.0432. The second-order valence-electron chi connectivity index (χ2n) is 6.33.